The molecule has 1 aromatic rings. The van der Waals surface area contributed by atoms with Crippen molar-refractivity contribution in [1.82, 2.24) is 10.2 Å². The number of amides is 1. The summed E-state index contributed by atoms with van der Waals surface area (Å²) in [7, 11) is 0. The van der Waals surface area contributed by atoms with Gasteiger partial charge in [0.05, 0.1) is 0 Å². The number of hydrogen-bond donors (Lipinski definition) is 1. The lowest BCUT2D eigenvalue weighted by atomic mass is 9.81. The first-order valence-electron chi connectivity index (χ1n) is 7.27. The van der Waals surface area contributed by atoms with Gasteiger partial charge in [0.2, 0.25) is 5.91 Å². The molecule has 104 valence electrons. The Morgan fingerprint density at radius 2 is 2.16 bits per heavy atom. The van der Waals surface area contributed by atoms with Gasteiger partial charge < -0.3 is 5.32 Å². The highest BCUT2D eigenvalue weighted by Gasteiger charge is 2.38. The monoisotopic (exact) mass is 278 g/mol. The number of thiophene rings is 1. The van der Waals surface area contributed by atoms with Crippen molar-refractivity contribution in [2.75, 3.05) is 0 Å². The summed E-state index contributed by atoms with van der Waals surface area (Å²) in [6, 6.07) is 6.09. The molecule has 1 aromatic heterocycles. The minimum Gasteiger partial charge on any atom is -0.353 e. The Balaban J connectivity index is 1.68. The van der Waals surface area contributed by atoms with E-state index in [2.05, 4.69) is 27.7 Å². The summed E-state index contributed by atoms with van der Waals surface area (Å²) in [5.41, 5.74) is 0. The first kappa shape index (κ1) is 13.1. The van der Waals surface area contributed by atoms with Gasteiger partial charge in [-0.05, 0) is 37.1 Å². The van der Waals surface area contributed by atoms with Gasteiger partial charge in [0, 0.05) is 36.5 Å². The normalized spacial score (nSPS) is 31.1. The smallest absolute Gasteiger partial charge is 0.217 e. The van der Waals surface area contributed by atoms with E-state index < -0.39 is 0 Å². The Labute approximate surface area is 119 Å². The lowest BCUT2D eigenvalue weighted by Crippen LogP contribution is -2.56. The van der Waals surface area contributed by atoms with Gasteiger partial charge in [0.25, 0.3) is 0 Å². The van der Waals surface area contributed by atoms with Crippen LogP contribution in [0.4, 0.5) is 0 Å². The molecule has 0 aromatic carbocycles. The van der Waals surface area contributed by atoms with Crippen molar-refractivity contribution in [3.05, 3.63) is 22.4 Å². The number of carbonyl (C=O) groups is 1. The van der Waals surface area contributed by atoms with Crippen LogP contribution >= 0.6 is 11.3 Å². The standard InChI is InChI=1S/C15H22N2OS/c1-11(18)16-12-8-13-4-2-5-14(9-12)17(13)10-15-6-3-7-19-15/h3,6-7,12-14H,2,4-5,8-10H2,1H3,(H,16,18). The summed E-state index contributed by atoms with van der Waals surface area (Å²) < 4.78 is 0. The van der Waals surface area contributed by atoms with Crippen LogP contribution in [-0.4, -0.2) is 28.9 Å². The molecule has 0 spiro atoms. The Kier molecular flexibility index (Phi) is 3.89. The molecule has 2 aliphatic rings. The zero-order chi connectivity index (χ0) is 13.2. The molecule has 0 radical (unpaired) electrons. The predicted molar refractivity (Wildman–Crippen MR) is 78.1 cm³/mol. The van der Waals surface area contributed by atoms with E-state index in [1.165, 1.54) is 24.1 Å². The summed E-state index contributed by atoms with van der Waals surface area (Å²) in [4.78, 5) is 15.4. The molecule has 3 rings (SSSR count). The van der Waals surface area contributed by atoms with E-state index in [1.54, 1.807) is 6.92 Å². The molecular formula is C15H22N2OS. The minimum atomic E-state index is 0.120. The van der Waals surface area contributed by atoms with Crippen LogP contribution in [-0.2, 0) is 11.3 Å². The Bertz CT molecular complexity index is 417. The van der Waals surface area contributed by atoms with Crippen molar-refractivity contribution in [1.29, 1.82) is 0 Å². The van der Waals surface area contributed by atoms with Crippen LogP contribution in [0, 0.1) is 0 Å². The zero-order valence-corrected chi connectivity index (χ0v) is 12.3. The second-order valence-electron chi connectivity index (χ2n) is 5.86. The number of fused-ring (bicyclic) bond motifs is 2. The largest absolute Gasteiger partial charge is 0.353 e. The maximum atomic E-state index is 11.2. The number of hydrogen-bond acceptors (Lipinski definition) is 3. The molecule has 19 heavy (non-hydrogen) atoms. The van der Waals surface area contributed by atoms with Crippen LogP contribution < -0.4 is 5.32 Å². The summed E-state index contributed by atoms with van der Waals surface area (Å²) in [5, 5.41) is 5.29. The molecule has 3 heterocycles. The van der Waals surface area contributed by atoms with Crippen LogP contribution in [0.2, 0.25) is 0 Å². The summed E-state index contributed by atoms with van der Waals surface area (Å²) >= 11 is 1.86. The molecule has 2 bridgehead atoms. The van der Waals surface area contributed by atoms with Gasteiger partial charge in [-0.2, -0.15) is 0 Å². The number of nitrogens with one attached hydrogen (secondary N) is 1. The van der Waals surface area contributed by atoms with Crippen molar-refractivity contribution in [3.8, 4) is 0 Å². The Hall–Kier alpha value is -0.870. The zero-order valence-electron chi connectivity index (χ0n) is 11.5. The predicted octanol–water partition coefficient (Wildman–Crippen LogP) is 2.77. The fraction of sp³-hybridized carbons (Fsp3) is 0.667. The second-order valence-corrected chi connectivity index (χ2v) is 6.89. The minimum absolute atomic E-state index is 0.120. The van der Waals surface area contributed by atoms with Gasteiger partial charge in [-0.1, -0.05) is 12.5 Å². The molecule has 1 amide bonds. The average molecular weight is 278 g/mol. The number of rotatable bonds is 3. The van der Waals surface area contributed by atoms with Crippen molar-refractivity contribution in [2.45, 2.75) is 63.7 Å². The summed E-state index contributed by atoms with van der Waals surface area (Å²) in [6.07, 6.45) is 6.18. The highest BCUT2D eigenvalue weighted by Crippen LogP contribution is 2.35. The van der Waals surface area contributed by atoms with Crippen LogP contribution in [0.1, 0.15) is 43.9 Å². The van der Waals surface area contributed by atoms with E-state index in [0.29, 0.717) is 18.1 Å². The Morgan fingerprint density at radius 3 is 2.74 bits per heavy atom. The maximum Gasteiger partial charge on any atom is 0.217 e. The van der Waals surface area contributed by atoms with Crippen LogP contribution in [0.25, 0.3) is 0 Å². The quantitative estimate of drug-likeness (QED) is 0.922. The average Bonchev–Trinajstić information content (AvgIpc) is 2.82. The topological polar surface area (TPSA) is 32.3 Å². The van der Waals surface area contributed by atoms with Gasteiger partial charge in [0.1, 0.15) is 0 Å². The van der Waals surface area contributed by atoms with Gasteiger partial charge in [-0.15, -0.1) is 11.3 Å². The molecule has 1 N–H and O–H groups in total. The van der Waals surface area contributed by atoms with Gasteiger partial charge in [0.15, 0.2) is 0 Å². The van der Waals surface area contributed by atoms with Gasteiger partial charge >= 0.3 is 0 Å². The molecule has 2 saturated heterocycles. The van der Waals surface area contributed by atoms with E-state index in [9.17, 15) is 4.79 Å². The second kappa shape index (κ2) is 5.63. The molecule has 4 heteroatoms. The third kappa shape index (κ3) is 3.00. The van der Waals surface area contributed by atoms with E-state index in [4.69, 9.17) is 0 Å². The summed E-state index contributed by atoms with van der Waals surface area (Å²) in [5.74, 6) is 0.120. The van der Waals surface area contributed by atoms with Crippen molar-refractivity contribution >= 4 is 17.2 Å². The lowest BCUT2D eigenvalue weighted by Gasteiger charge is -2.48. The number of piperidine rings is 2. The molecule has 2 fully saturated rings. The first-order chi connectivity index (χ1) is 9.22. The highest BCUT2D eigenvalue weighted by molar-refractivity contribution is 7.09. The molecule has 2 atom stereocenters. The van der Waals surface area contributed by atoms with E-state index >= 15 is 0 Å². The van der Waals surface area contributed by atoms with Crippen LogP contribution in [0.3, 0.4) is 0 Å². The molecular weight excluding hydrogens is 256 g/mol. The third-order valence-corrected chi connectivity index (χ3v) is 5.31. The van der Waals surface area contributed by atoms with Gasteiger partial charge in [-0.3, -0.25) is 9.69 Å². The van der Waals surface area contributed by atoms with E-state index in [1.807, 2.05) is 11.3 Å². The lowest BCUT2D eigenvalue weighted by molar-refractivity contribution is -0.120. The van der Waals surface area contributed by atoms with Crippen molar-refractivity contribution in [3.63, 3.8) is 0 Å². The number of nitrogens with zero attached hydrogens (tertiary/aromatic N) is 1. The SMILES string of the molecule is CC(=O)NC1CC2CCCC(C1)N2Cc1cccs1. The molecule has 0 saturated carbocycles. The van der Waals surface area contributed by atoms with E-state index in [0.717, 1.165) is 19.4 Å². The van der Waals surface area contributed by atoms with Crippen LogP contribution in [0.5, 0.6) is 0 Å². The molecule has 2 unspecified atom stereocenters. The number of carbonyl (C=O) groups excluding carboxylic acids is 1. The van der Waals surface area contributed by atoms with Gasteiger partial charge in [-0.25, -0.2) is 0 Å². The molecule has 3 nitrogen and oxygen atoms in total. The van der Waals surface area contributed by atoms with Crippen molar-refractivity contribution in [2.24, 2.45) is 0 Å². The fourth-order valence-electron chi connectivity index (χ4n) is 3.72. The molecule has 0 aliphatic carbocycles. The summed E-state index contributed by atoms with van der Waals surface area (Å²) in [6.45, 7) is 2.73. The first-order valence-corrected chi connectivity index (χ1v) is 8.15. The Morgan fingerprint density at radius 1 is 1.42 bits per heavy atom. The highest BCUT2D eigenvalue weighted by atomic mass is 32.1. The van der Waals surface area contributed by atoms with Crippen molar-refractivity contribution < 1.29 is 4.79 Å². The molecule has 2 aliphatic heterocycles. The van der Waals surface area contributed by atoms with Crippen LogP contribution in [0.15, 0.2) is 17.5 Å². The fourth-order valence-corrected chi connectivity index (χ4v) is 4.44. The van der Waals surface area contributed by atoms with E-state index in [-0.39, 0.29) is 5.91 Å². The third-order valence-electron chi connectivity index (χ3n) is 4.45. The maximum absolute atomic E-state index is 11.2.